The molecule has 1 fully saturated rings. The monoisotopic (exact) mass is 386 g/mol. The van der Waals surface area contributed by atoms with E-state index in [0.29, 0.717) is 17.0 Å². The lowest BCUT2D eigenvalue weighted by Crippen LogP contribution is -2.29. The number of aryl methyl sites for hydroxylation is 3. The fraction of sp³-hybridized carbons (Fsp3) is 0.381. The number of nitrogens with one attached hydrogen (secondary N) is 1. The lowest BCUT2D eigenvalue weighted by molar-refractivity contribution is -0.129. The van der Waals surface area contributed by atoms with Gasteiger partial charge in [-0.25, -0.2) is 8.42 Å². The van der Waals surface area contributed by atoms with Gasteiger partial charge in [-0.1, -0.05) is 29.8 Å². The van der Waals surface area contributed by atoms with Gasteiger partial charge < -0.3 is 4.90 Å². The number of hydrogen-bond acceptors (Lipinski definition) is 3. The van der Waals surface area contributed by atoms with Gasteiger partial charge in [0.2, 0.25) is 5.91 Å². The summed E-state index contributed by atoms with van der Waals surface area (Å²) in [5, 5.41) is 0. The summed E-state index contributed by atoms with van der Waals surface area (Å²) in [4.78, 5) is 14.4. The van der Waals surface area contributed by atoms with Crippen LogP contribution < -0.4 is 4.72 Å². The SMILES string of the molecule is Cc1cc(C)c(S(=O)(=O)Nc2ccc(CC(=O)N3CCCC3)cc2)c(C)c1. The number of sulfonamides is 1. The van der Waals surface area contributed by atoms with E-state index in [1.54, 1.807) is 24.3 Å². The molecule has 144 valence electrons. The molecule has 27 heavy (non-hydrogen) atoms. The third-order valence-corrected chi connectivity index (χ3v) is 6.58. The molecular weight excluding hydrogens is 360 g/mol. The van der Waals surface area contributed by atoms with Crippen LogP contribution in [0.3, 0.4) is 0 Å². The van der Waals surface area contributed by atoms with Gasteiger partial charge in [0, 0.05) is 18.8 Å². The van der Waals surface area contributed by atoms with Gasteiger partial charge in [0.05, 0.1) is 11.3 Å². The zero-order valence-electron chi connectivity index (χ0n) is 16.1. The Morgan fingerprint density at radius 2 is 1.56 bits per heavy atom. The van der Waals surface area contributed by atoms with E-state index in [2.05, 4.69) is 4.72 Å². The van der Waals surface area contributed by atoms with Gasteiger partial charge in [0.15, 0.2) is 0 Å². The first-order chi connectivity index (χ1) is 12.8. The van der Waals surface area contributed by atoms with E-state index in [0.717, 1.165) is 48.2 Å². The van der Waals surface area contributed by atoms with E-state index in [-0.39, 0.29) is 5.91 Å². The van der Waals surface area contributed by atoms with Gasteiger partial charge >= 0.3 is 0 Å². The predicted molar refractivity (Wildman–Crippen MR) is 107 cm³/mol. The first-order valence-corrected chi connectivity index (χ1v) is 10.7. The molecule has 0 atom stereocenters. The Kier molecular flexibility index (Phi) is 5.56. The van der Waals surface area contributed by atoms with Crippen LogP contribution >= 0.6 is 0 Å². The molecule has 0 saturated carbocycles. The van der Waals surface area contributed by atoms with Crippen molar-refractivity contribution in [2.45, 2.75) is 44.9 Å². The molecule has 0 spiro atoms. The molecule has 1 amide bonds. The van der Waals surface area contributed by atoms with Crippen LogP contribution in [0.25, 0.3) is 0 Å². The smallest absolute Gasteiger partial charge is 0.262 e. The van der Waals surface area contributed by atoms with Crippen LogP contribution in [0.15, 0.2) is 41.3 Å². The summed E-state index contributed by atoms with van der Waals surface area (Å²) >= 11 is 0. The van der Waals surface area contributed by atoms with Gasteiger partial charge in [-0.15, -0.1) is 0 Å². The Balaban J connectivity index is 1.73. The van der Waals surface area contributed by atoms with Crippen LogP contribution in [0.4, 0.5) is 5.69 Å². The van der Waals surface area contributed by atoms with Gasteiger partial charge in [-0.3, -0.25) is 9.52 Å². The molecule has 1 saturated heterocycles. The van der Waals surface area contributed by atoms with Gasteiger partial charge in [-0.2, -0.15) is 0 Å². The molecule has 1 heterocycles. The van der Waals surface area contributed by atoms with Crippen molar-refractivity contribution in [1.82, 2.24) is 4.90 Å². The first-order valence-electron chi connectivity index (χ1n) is 9.23. The number of amides is 1. The summed E-state index contributed by atoms with van der Waals surface area (Å²) in [6.07, 6.45) is 2.50. The summed E-state index contributed by atoms with van der Waals surface area (Å²) in [7, 11) is -3.67. The second-order valence-corrected chi connectivity index (χ2v) is 8.91. The number of nitrogens with zero attached hydrogens (tertiary/aromatic N) is 1. The summed E-state index contributed by atoms with van der Waals surface area (Å²) in [5.41, 5.74) is 3.88. The molecule has 2 aromatic carbocycles. The van der Waals surface area contributed by atoms with Crippen molar-refractivity contribution in [2.24, 2.45) is 0 Å². The van der Waals surface area contributed by atoms with Gasteiger partial charge in [-0.05, 0) is 62.4 Å². The number of benzene rings is 2. The number of anilines is 1. The topological polar surface area (TPSA) is 66.5 Å². The zero-order chi connectivity index (χ0) is 19.6. The Bertz CT molecular complexity index is 921. The predicted octanol–water partition coefficient (Wildman–Crippen LogP) is 3.58. The molecule has 1 aliphatic heterocycles. The van der Waals surface area contributed by atoms with Crippen LogP contribution in [0.5, 0.6) is 0 Å². The van der Waals surface area contributed by atoms with Crippen molar-refractivity contribution in [1.29, 1.82) is 0 Å². The molecule has 0 aromatic heterocycles. The van der Waals surface area contributed by atoms with Crippen molar-refractivity contribution >= 4 is 21.6 Å². The van der Waals surface area contributed by atoms with E-state index in [9.17, 15) is 13.2 Å². The highest BCUT2D eigenvalue weighted by Gasteiger charge is 2.21. The van der Waals surface area contributed by atoms with Gasteiger partial charge in [0.25, 0.3) is 10.0 Å². The minimum Gasteiger partial charge on any atom is -0.342 e. The molecule has 6 heteroatoms. The molecule has 5 nitrogen and oxygen atoms in total. The summed E-state index contributed by atoms with van der Waals surface area (Å²) in [5.74, 6) is 0.131. The second kappa shape index (κ2) is 7.72. The average Bonchev–Trinajstić information content (AvgIpc) is 3.09. The molecule has 0 aliphatic carbocycles. The van der Waals surface area contributed by atoms with E-state index in [1.807, 2.05) is 37.8 Å². The molecule has 1 N–H and O–H groups in total. The maximum Gasteiger partial charge on any atom is 0.262 e. The summed E-state index contributed by atoms with van der Waals surface area (Å²) in [6.45, 7) is 7.24. The van der Waals surface area contributed by atoms with E-state index >= 15 is 0 Å². The van der Waals surface area contributed by atoms with Crippen LogP contribution in [0, 0.1) is 20.8 Å². The molecular formula is C21H26N2O3S. The Labute approximate surface area is 161 Å². The Morgan fingerprint density at radius 3 is 2.11 bits per heavy atom. The van der Waals surface area contributed by atoms with E-state index in [1.165, 1.54) is 0 Å². The number of carbonyl (C=O) groups is 1. The highest BCUT2D eigenvalue weighted by atomic mass is 32.2. The lowest BCUT2D eigenvalue weighted by atomic mass is 10.1. The highest BCUT2D eigenvalue weighted by molar-refractivity contribution is 7.92. The minimum atomic E-state index is -3.67. The van der Waals surface area contributed by atoms with Crippen molar-refractivity contribution in [2.75, 3.05) is 17.8 Å². The molecule has 2 aromatic rings. The normalized spacial score (nSPS) is 14.4. The molecule has 0 bridgehead atoms. The maximum atomic E-state index is 12.8. The first kappa shape index (κ1) is 19.4. The standard InChI is InChI=1S/C21H26N2O3S/c1-15-12-16(2)21(17(3)13-15)27(25,26)22-19-8-6-18(7-9-19)14-20(24)23-10-4-5-11-23/h6-9,12-13,22H,4-5,10-11,14H2,1-3H3. The second-order valence-electron chi connectivity index (χ2n) is 7.29. The van der Waals surface area contributed by atoms with Crippen molar-refractivity contribution < 1.29 is 13.2 Å². The summed E-state index contributed by atoms with van der Waals surface area (Å²) in [6, 6.07) is 10.8. The van der Waals surface area contributed by atoms with E-state index in [4.69, 9.17) is 0 Å². The van der Waals surface area contributed by atoms with Crippen LogP contribution in [-0.4, -0.2) is 32.3 Å². The number of carbonyl (C=O) groups excluding carboxylic acids is 1. The lowest BCUT2D eigenvalue weighted by Gasteiger charge is -2.16. The van der Waals surface area contributed by atoms with Crippen LogP contribution in [-0.2, 0) is 21.2 Å². The Morgan fingerprint density at radius 1 is 1.00 bits per heavy atom. The number of hydrogen-bond donors (Lipinski definition) is 1. The van der Waals surface area contributed by atoms with Crippen LogP contribution in [0.2, 0.25) is 0 Å². The quantitative estimate of drug-likeness (QED) is 0.854. The fourth-order valence-electron chi connectivity index (χ4n) is 3.74. The number of rotatable bonds is 5. The third-order valence-electron chi connectivity index (χ3n) is 4.89. The molecule has 0 radical (unpaired) electrons. The maximum absolute atomic E-state index is 12.8. The van der Waals surface area contributed by atoms with Crippen molar-refractivity contribution in [3.63, 3.8) is 0 Å². The Hall–Kier alpha value is -2.34. The van der Waals surface area contributed by atoms with Crippen molar-refractivity contribution in [3.05, 3.63) is 58.7 Å². The largest absolute Gasteiger partial charge is 0.342 e. The fourth-order valence-corrected chi connectivity index (χ4v) is 5.25. The van der Waals surface area contributed by atoms with Gasteiger partial charge in [0.1, 0.15) is 0 Å². The number of likely N-dealkylation sites (tertiary alicyclic amines) is 1. The molecule has 0 unspecified atom stereocenters. The minimum absolute atomic E-state index is 0.131. The average molecular weight is 387 g/mol. The zero-order valence-corrected chi connectivity index (χ0v) is 16.9. The van der Waals surface area contributed by atoms with Crippen LogP contribution in [0.1, 0.15) is 35.1 Å². The van der Waals surface area contributed by atoms with Crippen molar-refractivity contribution in [3.8, 4) is 0 Å². The highest BCUT2D eigenvalue weighted by Crippen LogP contribution is 2.24. The third kappa shape index (κ3) is 4.50. The van der Waals surface area contributed by atoms with E-state index < -0.39 is 10.0 Å². The summed E-state index contributed by atoms with van der Waals surface area (Å²) < 4.78 is 28.3. The molecule has 3 rings (SSSR count). The molecule has 1 aliphatic rings.